The molecule has 0 amide bonds. The molecule has 58 valence electrons. The molecule has 1 N–H and O–H groups in total. The van der Waals surface area contributed by atoms with Crippen molar-refractivity contribution in [2.24, 2.45) is 0 Å². The Morgan fingerprint density at radius 1 is 1.45 bits per heavy atom. The SMILES string of the molecule is OC/C=C/C=C/c1ccsc1. The van der Waals surface area contributed by atoms with Gasteiger partial charge in [-0.25, -0.2) is 0 Å². The lowest BCUT2D eigenvalue weighted by molar-refractivity contribution is 0.343. The van der Waals surface area contributed by atoms with Crippen molar-refractivity contribution in [1.29, 1.82) is 0 Å². The Bertz CT molecular complexity index is 234. The van der Waals surface area contributed by atoms with Crippen LogP contribution in [0, 0.1) is 0 Å². The van der Waals surface area contributed by atoms with Crippen LogP contribution in [-0.2, 0) is 0 Å². The van der Waals surface area contributed by atoms with Crippen LogP contribution in [0.3, 0.4) is 0 Å². The van der Waals surface area contributed by atoms with Gasteiger partial charge in [-0.1, -0.05) is 24.3 Å². The molecule has 0 aliphatic heterocycles. The molecule has 0 unspecified atom stereocenters. The van der Waals surface area contributed by atoms with Gasteiger partial charge in [-0.2, -0.15) is 11.3 Å². The molecule has 0 bridgehead atoms. The Labute approximate surface area is 70.3 Å². The minimum Gasteiger partial charge on any atom is -0.392 e. The topological polar surface area (TPSA) is 20.2 Å². The zero-order valence-electron chi connectivity index (χ0n) is 6.10. The predicted octanol–water partition coefficient (Wildman–Crippen LogP) is 2.31. The highest BCUT2D eigenvalue weighted by Crippen LogP contribution is 2.07. The lowest BCUT2D eigenvalue weighted by Crippen LogP contribution is -1.67. The van der Waals surface area contributed by atoms with E-state index in [9.17, 15) is 0 Å². The molecule has 0 spiro atoms. The van der Waals surface area contributed by atoms with Crippen molar-refractivity contribution in [3.63, 3.8) is 0 Å². The highest BCUT2D eigenvalue weighted by molar-refractivity contribution is 7.08. The van der Waals surface area contributed by atoms with Crippen molar-refractivity contribution in [3.05, 3.63) is 40.6 Å². The third kappa shape index (κ3) is 3.16. The highest BCUT2D eigenvalue weighted by atomic mass is 32.1. The van der Waals surface area contributed by atoms with Crippen LogP contribution in [0.2, 0.25) is 0 Å². The third-order valence-electron chi connectivity index (χ3n) is 1.18. The Balaban J connectivity index is 2.43. The Morgan fingerprint density at radius 2 is 2.36 bits per heavy atom. The maximum absolute atomic E-state index is 8.40. The fourth-order valence-electron chi connectivity index (χ4n) is 0.676. The first-order valence-electron chi connectivity index (χ1n) is 3.40. The number of thiophene rings is 1. The first kappa shape index (κ1) is 8.24. The van der Waals surface area contributed by atoms with E-state index in [0.29, 0.717) is 0 Å². The van der Waals surface area contributed by atoms with E-state index < -0.39 is 0 Å². The summed E-state index contributed by atoms with van der Waals surface area (Å²) in [6.07, 6.45) is 7.45. The summed E-state index contributed by atoms with van der Waals surface area (Å²) in [5.74, 6) is 0. The van der Waals surface area contributed by atoms with E-state index in [0.717, 1.165) is 0 Å². The molecule has 0 atom stereocenters. The number of hydrogen-bond donors (Lipinski definition) is 1. The second kappa shape index (κ2) is 4.88. The summed E-state index contributed by atoms with van der Waals surface area (Å²) in [4.78, 5) is 0. The van der Waals surface area contributed by atoms with Gasteiger partial charge in [-0.3, -0.25) is 0 Å². The Morgan fingerprint density at radius 3 is 3.00 bits per heavy atom. The van der Waals surface area contributed by atoms with Crippen LogP contribution < -0.4 is 0 Å². The van der Waals surface area contributed by atoms with Gasteiger partial charge in [0.25, 0.3) is 0 Å². The number of aliphatic hydroxyl groups is 1. The predicted molar refractivity (Wildman–Crippen MR) is 49.6 cm³/mol. The normalized spacial score (nSPS) is 11.7. The maximum Gasteiger partial charge on any atom is 0.0615 e. The van der Waals surface area contributed by atoms with Crippen molar-refractivity contribution >= 4 is 17.4 Å². The van der Waals surface area contributed by atoms with E-state index in [1.807, 2.05) is 29.7 Å². The first-order chi connectivity index (χ1) is 5.43. The minimum absolute atomic E-state index is 0.105. The average Bonchev–Trinajstić information content (AvgIpc) is 2.50. The van der Waals surface area contributed by atoms with Gasteiger partial charge in [0.15, 0.2) is 0 Å². The summed E-state index contributed by atoms with van der Waals surface area (Å²) in [5, 5.41) is 12.5. The van der Waals surface area contributed by atoms with Gasteiger partial charge in [-0.05, 0) is 22.4 Å². The molecule has 0 saturated heterocycles. The minimum atomic E-state index is 0.105. The van der Waals surface area contributed by atoms with Crippen LogP contribution >= 0.6 is 11.3 Å². The number of aliphatic hydroxyl groups excluding tert-OH is 1. The van der Waals surface area contributed by atoms with E-state index >= 15 is 0 Å². The molecular formula is C9H10OS. The van der Waals surface area contributed by atoms with Gasteiger partial charge < -0.3 is 5.11 Å². The van der Waals surface area contributed by atoms with E-state index in [1.165, 1.54) is 5.56 Å². The Kier molecular flexibility index (Phi) is 3.65. The summed E-state index contributed by atoms with van der Waals surface area (Å²) >= 11 is 1.68. The molecule has 1 aromatic heterocycles. The smallest absolute Gasteiger partial charge is 0.0615 e. The summed E-state index contributed by atoms with van der Waals surface area (Å²) in [7, 11) is 0. The number of allylic oxidation sites excluding steroid dienone is 2. The molecule has 0 aliphatic rings. The molecule has 1 rings (SSSR count). The van der Waals surface area contributed by atoms with Crippen molar-refractivity contribution in [3.8, 4) is 0 Å². The second-order valence-corrected chi connectivity index (χ2v) is 2.81. The lowest BCUT2D eigenvalue weighted by Gasteiger charge is -1.79. The molecule has 0 fully saturated rings. The van der Waals surface area contributed by atoms with Crippen LogP contribution in [0.4, 0.5) is 0 Å². The first-order valence-corrected chi connectivity index (χ1v) is 4.34. The van der Waals surface area contributed by atoms with Crippen LogP contribution in [0.1, 0.15) is 5.56 Å². The third-order valence-corrected chi connectivity index (χ3v) is 1.89. The molecule has 0 saturated carbocycles. The molecule has 0 aromatic carbocycles. The largest absolute Gasteiger partial charge is 0.392 e. The van der Waals surface area contributed by atoms with Crippen molar-refractivity contribution in [2.45, 2.75) is 0 Å². The Hall–Kier alpha value is -0.860. The fraction of sp³-hybridized carbons (Fsp3) is 0.111. The molecule has 1 aromatic rings. The molecule has 11 heavy (non-hydrogen) atoms. The summed E-state index contributed by atoms with van der Waals surface area (Å²) in [6, 6.07) is 2.05. The molecular weight excluding hydrogens is 156 g/mol. The summed E-state index contributed by atoms with van der Waals surface area (Å²) in [6.45, 7) is 0.105. The van der Waals surface area contributed by atoms with Crippen molar-refractivity contribution in [1.82, 2.24) is 0 Å². The van der Waals surface area contributed by atoms with Gasteiger partial charge >= 0.3 is 0 Å². The van der Waals surface area contributed by atoms with Crippen LogP contribution in [-0.4, -0.2) is 11.7 Å². The zero-order chi connectivity index (χ0) is 7.94. The van der Waals surface area contributed by atoms with Gasteiger partial charge in [0.2, 0.25) is 0 Å². The molecule has 0 radical (unpaired) electrons. The monoisotopic (exact) mass is 166 g/mol. The zero-order valence-corrected chi connectivity index (χ0v) is 6.92. The number of rotatable bonds is 3. The molecule has 1 nitrogen and oxygen atoms in total. The van der Waals surface area contributed by atoms with E-state index in [4.69, 9.17) is 5.11 Å². The highest BCUT2D eigenvalue weighted by Gasteiger charge is 1.81. The van der Waals surface area contributed by atoms with Crippen molar-refractivity contribution in [2.75, 3.05) is 6.61 Å². The number of hydrogen-bond acceptors (Lipinski definition) is 2. The van der Waals surface area contributed by atoms with E-state index in [1.54, 1.807) is 17.4 Å². The van der Waals surface area contributed by atoms with Gasteiger partial charge in [0.05, 0.1) is 6.61 Å². The van der Waals surface area contributed by atoms with E-state index in [-0.39, 0.29) is 6.61 Å². The standard InChI is InChI=1S/C9H10OS/c10-6-3-1-2-4-9-5-7-11-8-9/h1-5,7-8,10H,6H2/b3-1+,4-2+. The summed E-state index contributed by atoms with van der Waals surface area (Å²) in [5.41, 5.74) is 1.21. The van der Waals surface area contributed by atoms with Gasteiger partial charge in [0, 0.05) is 0 Å². The molecule has 2 heteroatoms. The van der Waals surface area contributed by atoms with Crippen LogP contribution in [0.5, 0.6) is 0 Å². The summed E-state index contributed by atoms with van der Waals surface area (Å²) < 4.78 is 0. The van der Waals surface area contributed by atoms with Gasteiger partial charge in [-0.15, -0.1) is 0 Å². The molecule has 1 heterocycles. The van der Waals surface area contributed by atoms with E-state index in [2.05, 4.69) is 5.38 Å². The van der Waals surface area contributed by atoms with Gasteiger partial charge in [0.1, 0.15) is 0 Å². The second-order valence-electron chi connectivity index (χ2n) is 2.03. The maximum atomic E-state index is 8.40. The fourth-order valence-corrected chi connectivity index (χ4v) is 1.30. The van der Waals surface area contributed by atoms with Crippen LogP contribution in [0.15, 0.2) is 35.1 Å². The van der Waals surface area contributed by atoms with Crippen LogP contribution in [0.25, 0.3) is 6.08 Å². The molecule has 0 aliphatic carbocycles. The lowest BCUT2D eigenvalue weighted by atomic mass is 10.3. The quantitative estimate of drug-likeness (QED) is 0.683. The van der Waals surface area contributed by atoms with Crippen molar-refractivity contribution < 1.29 is 5.11 Å². The average molecular weight is 166 g/mol.